The van der Waals surface area contributed by atoms with E-state index in [0.717, 1.165) is 12.8 Å². The van der Waals surface area contributed by atoms with Gasteiger partial charge >= 0.3 is 0 Å². The van der Waals surface area contributed by atoms with Crippen molar-refractivity contribution in [2.24, 2.45) is 0 Å². The standard InChI is InChI=1S/C20H20BrCl2N3O4S/c1-2-3-8-29-16-6-4-12(21)9-14(16)19(28)24-20(31)26-25-18(27)11-30-17-7-5-13(22)10-15(17)23/h4-7,9-10H,2-3,8,11H2,1H3,(H,25,27)(H2,24,26,28,31). The lowest BCUT2D eigenvalue weighted by molar-refractivity contribution is -0.123. The Bertz CT molecular complexity index is 962. The predicted octanol–water partition coefficient (Wildman–Crippen LogP) is 4.65. The van der Waals surface area contributed by atoms with E-state index in [-0.39, 0.29) is 16.7 Å². The van der Waals surface area contributed by atoms with Crippen LogP contribution in [0.25, 0.3) is 0 Å². The van der Waals surface area contributed by atoms with Crippen molar-refractivity contribution in [3.63, 3.8) is 0 Å². The molecule has 2 aromatic carbocycles. The Morgan fingerprint density at radius 3 is 2.52 bits per heavy atom. The van der Waals surface area contributed by atoms with Crippen LogP contribution in [0.4, 0.5) is 0 Å². The monoisotopic (exact) mass is 547 g/mol. The molecule has 166 valence electrons. The number of hydrogen-bond acceptors (Lipinski definition) is 5. The van der Waals surface area contributed by atoms with E-state index >= 15 is 0 Å². The molecule has 2 amide bonds. The molecule has 31 heavy (non-hydrogen) atoms. The highest BCUT2D eigenvalue weighted by molar-refractivity contribution is 9.10. The maximum Gasteiger partial charge on any atom is 0.276 e. The van der Waals surface area contributed by atoms with E-state index in [1.54, 1.807) is 30.3 Å². The minimum absolute atomic E-state index is 0.0950. The molecule has 0 atom stereocenters. The van der Waals surface area contributed by atoms with Crippen LogP contribution in [0.15, 0.2) is 40.9 Å². The number of unbranched alkanes of at least 4 members (excludes halogenated alkanes) is 1. The van der Waals surface area contributed by atoms with Gasteiger partial charge in [0.05, 0.1) is 17.2 Å². The Kier molecular flexibility index (Phi) is 10.3. The van der Waals surface area contributed by atoms with Gasteiger partial charge in [0.15, 0.2) is 11.7 Å². The number of nitrogens with one attached hydrogen (secondary N) is 3. The molecule has 0 unspecified atom stereocenters. The van der Waals surface area contributed by atoms with Crippen molar-refractivity contribution in [3.05, 3.63) is 56.5 Å². The van der Waals surface area contributed by atoms with Crippen molar-refractivity contribution < 1.29 is 19.1 Å². The van der Waals surface area contributed by atoms with Crippen molar-refractivity contribution in [2.75, 3.05) is 13.2 Å². The molecule has 7 nitrogen and oxygen atoms in total. The topological polar surface area (TPSA) is 88.7 Å². The highest BCUT2D eigenvalue weighted by Crippen LogP contribution is 2.27. The molecule has 0 heterocycles. The number of thiocarbonyl (C=S) groups is 1. The van der Waals surface area contributed by atoms with Gasteiger partial charge in [-0.25, -0.2) is 0 Å². The van der Waals surface area contributed by atoms with Crippen molar-refractivity contribution in [1.82, 2.24) is 16.2 Å². The molecule has 2 rings (SSSR count). The fourth-order valence-corrected chi connectivity index (χ4v) is 3.20. The smallest absolute Gasteiger partial charge is 0.276 e. The first kappa shape index (κ1) is 25.2. The van der Waals surface area contributed by atoms with Crippen LogP contribution in [-0.4, -0.2) is 30.1 Å². The summed E-state index contributed by atoms with van der Waals surface area (Å²) in [6.07, 6.45) is 1.84. The average Bonchev–Trinajstić information content (AvgIpc) is 2.72. The lowest BCUT2D eigenvalue weighted by atomic mass is 10.2. The van der Waals surface area contributed by atoms with Crippen molar-refractivity contribution in [1.29, 1.82) is 0 Å². The van der Waals surface area contributed by atoms with Gasteiger partial charge in [-0.1, -0.05) is 52.5 Å². The molecule has 0 fully saturated rings. The average molecular weight is 549 g/mol. The van der Waals surface area contributed by atoms with Crippen LogP contribution in [0.1, 0.15) is 30.1 Å². The molecule has 0 bridgehead atoms. The molecule has 0 saturated carbocycles. The van der Waals surface area contributed by atoms with E-state index in [1.165, 1.54) is 6.07 Å². The maximum absolute atomic E-state index is 12.6. The van der Waals surface area contributed by atoms with Crippen molar-refractivity contribution in [2.45, 2.75) is 19.8 Å². The summed E-state index contributed by atoms with van der Waals surface area (Å²) < 4.78 is 11.7. The van der Waals surface area contributed by atoms with Gasteiger partial charge in [0.1, 0.15) is 11.5 Å². The number of ether oxygens (including phenoxy) is 2. The third-order valence-corrected chi connectivity index (χ3v) is 4.96. The summed E-state index contributed by atoms with van der Waals surface area (Å²) in [5, 5.41) is 3.13. The molecule has 2 aromatic rings. The molecule has 0 saturated heterocycles. The minimum Gasteiger partial charge on any atom is -0.493 e. The zero-order chi connectivity index (χ0) is 22.8. The van der Waals surface area contributed by atoms with E-state index < -0.39 is 11.8 Å². The molecule has 0 aliphatic heterocycles. The SMILES string of the molecule is CCCCOc1ccc(Br)cc1C(=O)NC(=S)NNC(=O)COc1ccc(Cl)cc1Cl. The number of hydrazine groups is 1. The Morgan fingerprint density at radius 2 is 1.81 bits per heavy atom. The molecule has 0 spiro atoms. The summed E-state index contributed by atoms with van der Waals surface area (Å²) in [7, 11) is 0. The highest BCUT2D eigenvalue weighted by Gasteiger charge is 2.15. The molecule has 11 heteroatoms. The molecule has 0 aliphatic rings. The molecular weight excluding hydrogens is 529 g/mol. The highest BCUT2D eigenvalue weighted by atomic mass is 79.9. The van der Waals surface area contributed by atoms with Crippen LogP contribution in [-0.2, 0) is 4.79 Å². The number of hydrogen-bond donors (Lipinski definition) is 3. The van der Waals surface area contributed by atoms with E-state index in [9.17, 15) is 9.59 Å². The van der Waals surface area contributed by atoms with Gasteiger partial charge in [0.25, 0.3) is 11.8 Å². The van der Waals surface area contributed by atoms with Crippen LogP contribution < -0.4 is 25.6 Å². The third kappa shape index (κ3) is 8.53. The van der Waals surface area contributed by atoms with Crippen molar-refractivity contribution in [3.8, 4) is 11.5 Å². The Balaban J connectivity index is 1.84. The zero-order valence-corrected chi connectivity index (χ0v) is 20.4. The summed E-state index contributed by atoms with van der Waals surface area (Å²) in [5.74, 6) is -0.269. The van der Waals surface area contributed by atoms with Crippen LogP contribution in [0.5, 0.6) is 11.5 Å². The van der Waals surface area contributed by atoms with Gasteiger partial charge in [0.2, 0.25) is 0 Å². The second kappa shape index (κ2) is 12.7. The molecule has 0 radical (unpaired) electrons. The number of carbonyl (C=O) groups excluding carboxylic acids is 2. The summed E-state index contributed by atoms with van der Waals surface area (Å²) >= 11 is 20.2. The lowest BCUT2D eigenvalue weighted by Gasteiger charge is -2.14. The first-order chi connectivity index (χ1) is 14.8. The van der Waals surface area contributed by atoms with Crippen LogP contribution in [0, 0.1) is 0 Å². The van der Waals surface area contributed by atoms with E-state index in [2.05, 4.69) is 32.1 Å². The third-order valence-electron chi connectivity index (χ3n) is 3.74. The van der Waals surface area contributed by atoms with E-state index in [4.69, 9.17) is 44.9 Å². The Morgan fingerprint density at radius 1 is 1.06 bits per heavy atom. The summed E-state index contributed by atoms with van der Waals surface area (Å²) in [4.78, 5) is 24.5. The fraction of sp³-hybridized carbons (Fsp3) is 0.250. The number of halogens is 3. The zero-order valence-electron chi connectivity index (χ0n) is 16.5. The van der Waals surface area contributed by atoms with E-state index in [1.807, 2.05) is 6.92 Å². The van der Waals surface area contributed by atoms with E-state index in [0.29, 0.717) is 33.2 Å². The van der Waals surface area contributed by atoms with Gasteiger partial charge in [-0.2, -0.15) is 0 Å². The van der Waals surface area contributed by atoms with Crippen LogP contribution in [0.3, 0.4) is 0 Å². The van der Waals surface area contributed by atoms with Gasteiger partial charge < -0.3 is 9.47 Å². The Hall–Kier alpha value is -2.07. The normalized spacial score (nSPS) is 10.2. The van der Waals surface area contributed by atoms with Gasteiger partial charge in [-0.3, -0.25) is 25.8 Å². The second-order valence-electron chi connectivity index (χ2n) is 6.16. The van der Waals surface area contributed by atoms with Crippen LogP contribution in [0.2, 0.25) is 10.0 Å². The number of carbonyl (C=O) groups is 2. The fourth-order valence-electron chi connectivity index (χ4n) is 2.23. The maximum atomic E-state index is 12.6. The first-order valence-electron chi connectivity index (χ1n) is 9.20. The molecular formula is C20H20BrCl2N3O4S. The quantitative estimate of drug-likeness (QED) is 0.253. The van der Waals surface area contributed by atoms with Gasteiger partial charge in [-0.05, 0) is 55.0 Å². The lowest BCUT2D eigenvalue weighted by Crippen LogP contribution is -2.49. The minimum atomic E-state index is -0.534. The predicted molar refractivity (Wildman–Crippen MR) is 128 cm³/mol. The summed E-state index contributed by atoms with van der Waals surface area (Å²) in [6.45, 7) is 2.22. The summed E-state index contributed by atoms with van der Waals surface area (Å²) in [6, 6.07) is 9.75. The van der Waals surface area contributed by atoms with Gasteiger partial charge in [-0.15, -0.1) is 0 Å². The second-order valence-corrected chi connectivity index (χ2v) is 8.33. The van der Waals surface area contributed by atoms with Crippen molar-refractivity contribution >= 4 is 68.3 Å². The molecule has 3 N–H and O–H groups in total. The summed E-state index contributed by atoms with van der Waals surface area (Å²) in [5.41, 5.74) is 5.08. The largest absolute Gasteiger partial charge is 0.493 e. The first-order valence-corrected chi connectivity index (χ1v) is 11.2. The molecule has 0 aliphatic carbocycles. The molecule has 0 aromatic heterocycles. The van der Waals surface area contributed by atoms with Crippen LogP contribution >= 0.6 is 51.3 Å². The Labute approximate surface area is 203 Å². The van der Waals surface area contributed by atoms with Gasteiger partial charge in [0, 0.05) is 9.50 Å². The number of rotatable bonds is 8. The number of benzene rings is 2. The number of amides is 2.